The van der Waals surface area contributed by atoms with Gasteiger partial charge in [-0.1, -0.05) is 11.6 Å². The molecule has 0 saturated heterocycles. The third-order valence-corrected chi connectivity index (χ3v) is 3.12. The first kappa shape index (κ1) is 19.8. The third-order valence-electron chi connectivity index (χ3n) is 2.84. The number of carbonyl (C=O) groups excluding carboxylic acids is 2. The molecule has 0 saturated carbocycles. The van der Waals surface area contributed by atoms with Crippen molar-refractivity contribution in [2.75, 3.05) is 20.3 Å². The number of methoxy groups -OCH3 is 1. The summed E-state index contributed by atoms with van der Waals surface area (Å²) in [6.45, 7) is 5.94. The molecule has 7 heteroatoms. The number of benzene rings is 1. The number of nitrogens with one attached hydrogen (secondary N) is 2. The molecule has 1 rings (SSSR count). The van der Waals surface area contributed by atoms with Crippen LogP contribution in [-0.4, -0.2) is 38.1 Å². The molecule has 0 radical (unpaired) electrons. The van der Waals surface area contributed by atoms with Crippen molar-refractivity contribution in [2.24, 2.45) is 0 Å². The lowest BCUT2D eigenvalue weighted by atomic mass is 10.2. The average molecular weight is 355 g/mol. The predicted octanol–water partition coefficient (Wildman–Crippen LogP) is 2.40. The zero-order valence-corrected chi connectivity index (χ0v) is 15.1. The largest absolute Gasteiger partial charge is 0.491 e. The summed E-state index contributed by atoms with van der Waals surface area (Å²) in [6.07, 6.45) is 2.92. The maximum atomic E-state index is 11.8. The number of amides is 2. The summed E-state index contributed by atoms with van der Waals surface area (Å²) in [5, 5.41) is 5.58. The summed E-state index contributed by atoms with van der Waals surface area (Å²) in [5.74, 6) is 0.339. The average Bonchev–Trinajstić information content (AvgIpc) is 2.50. The highest BCUT2D eigenvalue weighted by atomic mass is 35.5. The van der Waals surface area contributed by atoms with Crippen molar-refractivity contribution >= 4 is 29.5 Å². The van der Waals surface area contributed by atoms with Gasteiger partial charge < -0.3 is 20.1 Å². The Morgan fingerprint density at radius 1 is 1.33 bits per heavy atom. The van der Waals surface area contributed by atoms with Gasteiger partial charge in [0.25, 0.3) is 0 Å². The Bertz CT molecular complexity index is 615. The molecule has 2 N–H and O–H groups in total. The Morgan fingerprint density at radius 2 is 2.04 bits per heavy atom. The molecule has 0 aliphatic carbocycles. The van der Waals surface area contributed by atoms with Gasteiger partial charge in [-0.25, -0.2) is 0 Å². The van der Waals surface area contributed by atoms with Crippen LogP contribution in [0.3, 0.4) is 0 Å². The van der Waals surface area contributed by atoms with Crippen molar-refractivity contribution in [2.45, 2.75) is 26.8 Å². The minimum absolute atomic E-state index is 0.0309. The molecule has 0 fully saturated rings. The van der Waals surface area contributed by atoms with E-state index in [0.29, 0.717) is 28.7 Å². The van der Waals surface area contributed by atoms with E-state index in [2.05, 4.69) is 10.6 Å². The number of carbonyl (C=O) groups is 2. The molecule has 6 nitrogen and oxygen atoms in total. The minimum atomic E-state index is -0.376. The van der Waals surface area contributed by atoms with Crippen LogP contribution in [0.1, 0.15) is 26.3 Å². The molecule has 0 aliphatic heterocycles. The molecule has 0 heterocycles. The van der Waals surface area contributed by atoms with E-state index in [1.165, 1.54) is 13.2 Å². The summed E-state index contributed by atoms with van der Waals surface area (Å²) in [5.41, 5.74) is 0.686. The number of rotatable bonds is 8. The Kier molecular flexibility index (Phi) is 8.12. The first-order valence-corrected chi connectivity index (χ1v) is 8.00. The van der Waals surface area contributed by atoms with Crippen LogP contribution in [0.15, 0.2) is 18.2 Å². The fraction of sp³-hybridized carbons (Fsp3) is 0.412. The third kappa shape index (κ3) is 6.50. The number of hydrogen-bond acceptors (Lipinski definition) is 4. The SMILES string of the molecule is CCOc1cc(/C=C/C(=O)NCC(=O)NC(C)C)cc(Cl)c1OC. The van der Waals surface area contributed by atoms with Gasteiger partial charge in [0.2, 0.25) is 11.8 Å². The van der Waals surface area contributed by atoms with Crippen LogP contribution in [0.2, 0.25) is 5.02 Å². The lowest BCUT2D eigenvalue weighted by Crippen LogP contribution is -2.39. The van der Waals surface area contributed by atoms with Crippen molar-refractivity contribution in [1.29, 1.82) is 0 Å². The summed E-state index contributed by atoms with van der Waals surface area (Å²) in [6, 6.07) is 3.42. The Hall–Kier alpha value is -2.21. The second kappa shape index (κ2) is 9.82. The molecule has 0 bridgehead atoms. The second-order valence-electron chi connectivity index (χ2n) is 5.24. The second-order valence-corrected chi connectivity index (χ2v) is 5.65. The maximum absolute atomic E-state index is 11.8. The highest BCUT2D eigenvalue weighted by Crippen LogP contribution is 2.36. The molecule has 0 atom stereocenters. The van der Waals surface area contributed by atoms with Gasteiger partial charge in [0.1, 0.15) is 0 Å². The molecule has 1 aromatic carbocycles. The van der Waals surface area contributed by atoms with Gasteiger partial charge in [0, 0.05) is 12.1 Å². The van der Waals surface area contributed by atoms with E-state index in [-0.39, 0.29) is 24.4 Å². The normalized spacial score (nSPS) is 10.8. The molecule has 0 aliphatic rings. The molecule has 2 amide bonds. The molecule has 0 unspecified atom stereocenters. The Morgan fingerprint density at radius 3 is 2.62 bits per heavy atom. The van der Waals surface area contributed by atoms with Crippen molar-refractivity contribution in [3.05, 3.63) is 28.8 Å². The molecule has 132 valence electrons. The first-order valence-electron chi connectivity index (χ1n) is 7.63. The number of ether oxygens (including phenoxy) is 2. The quantitative estimate of drug-likeness (QED) is 0.703. The standard InChI is InChI=1S/C17H23ClN2O4/c1-5-24-14-9-12(8-13(18)17(14)23-4)6-7-15(21)19-10-16(22)20-11(2)3/h6-9,11H,5,10H2,1-4H3,(H,19,21)(H,20,22)/b7-6+. The molecular weight excluding hydrogens is 332 g/mol. The monoisotopic (exact) mass is 354 g/mol. The first-order chi connectivity index (χ1) is 11.4. The van der Waals surface area contributed by atoms with E-state index in [4.69, 9.17) is 21.1 Å². The van der Waals surface area contributed by atoms with Gasteiger partial charge in [0.15, 0.2) is 11.5 Å². The van der Waals surface area contributed by atoms with Crippen LogP contribution in [0, 0.1) is 0 Å². The molecule has 0 spiro atoms. The van der Waals surface area contributed by atoms with Gasteiger partial charge in [-0.15, -0.1) is 0 Å². The summed E-state index contributed by atoms with van der Waals surface area (Å²) in [4.78, 5) is 23.2. The van der Waals surface area contributed by atoms with E-state index < -0.39 is 0 Å². The lowest BCUT2D eigenvalue weighted by molar-refractivity contribution is -0.124. The molecule has 24 heavy (non-hydrogen) atoms. The Balaban J connectivity index is 2.72. The Labute approximate surface area is 147 Å². The molecular formula is C17H23ClN2O4. The van der Waals surface area contributed by atoms with E-state index in [1.807, 2.05) is 20.8 Å². The lowest BCUT2D eigenvalue weighted by Gasteiger charge is -2.11. The van der Waals surface area contributed by atoms with Gasteiger partial charge >= 0.3 is 0 Å². The van der Waals surface area contributed by atoms with Gasteiger partial charge in [-0.2, -0.15) is 0 Å². The van der Waals surface area contributed by atoms with E-state index in [1.54, 1.807) is 18.2 Å². The summed E-state index contributed by atoms with van der Waals surface area (Å²) < 4.78 is 10.7. The van der Waals surface area contributed by atoms with E-state index in [9.17, 15) is 9.59 Å². The van der Waals surface area contributed by atoms with E-state index >= 15 is 0 Å². The summed E-state index contributed by atoms with van der Waals surface area (Å²) >= 11 is 6.14. The topological polar surface area (TPSA) is 76.7 Å². The van der Waals surface area contributed by atoms with E-state index in [0.717, 1.165) is 0 Å². The van der Waals surface area contributed by atoms with Crippen molar-refractivity contribution in [3.8, 4) is 11.5 Å². The fourth-order valence-corrected chi connectivity index (χ4v) is 2.21. The van der Waals surface area contributed by atoms with Crippen molar-refractivity contribution in [1.82, 2.24) is 10.6 Å². The highest BCUT2D eigenvalue weighted by molar-refractivity contribution is 6.32. The number of halogens is 1. The zero-order chi connectivity index (χ0) is 18.1. The minimum Gasteiger partial charge on any atom is -0.491 e. The zero-order valence-electron chi connectivity index (χ0n) is 14.3. The maximum Gasteiger partial charge on any atom is 0.244 e. The van der Waals surface area contributed by atoms with Crippen LogP contribution in [0.25, 0.3) is 6.08 Å². The van der Waals surface area contributed by atoms with Crippen molar-refractivity contribution < 1.29 is 19.1 Å². The smallest absolute Gasteiger partial charge is 0.244 e. The van der Waals surface area contributed by atoms with Crippen LogP contribution >= 0.6 is 11.6 Å². The molecule has 0 aromatic heterocycles. The fourth-order valence-electron chi connectivity index (χ4n) is 1.92. The molecule has 1 aromatic rings. The highest BCUT2D eigenvalue weighted by Gasteiger charge is 2.10. The van der Waals surface area contributed by atoms with Crippen LogP contribution in [0.4, 0.5) is 0 Å². The van der Waals surface area contributed by atoms with Crippen LogP contribution in [0.5, 0.6) is 11.5 Å². The van der Waals surface area contributed by atoms with Gasteiger partial charge in [-0.3, -0.25) is 9.59 Å². The van der Waals surface area contributed by atoms with Gasteiger partial charge in [-0.05, 0) is 44.5 Å². The predicted molar refractivity (Wildman–Crippen MR) is 94.5 cm³/mol. The number of hydrogen-bond donors (Lipinski definition) is 2. The van der Waals surface area contributed by atoms with Crippen LogP contribution < -0.4 is 20.1 Å². The summed E-state index contributed by atoms with van der Waals surface area (Å²) in [7, 11) is 1.51. The van der Waals surface area contributed by atoms with Crippen LogP contribution in [-0.2, 0) is 9.59 Å². The van der Waals surface area contributed by atoms with Gasteiger partial charge in [0.05, 0.1) is 25.3 Å². The van der Waals surface area contributed by atoms with Crippen molar-refractivity contribution in [3.63, 3.8) is 0 Å².